The van der Waals surface area contributed by atoms with Crippen molar-refractivity contribution in [1.29, 1.82) is 0 Å². The normalized spacial score (nSPS) is 10.5. The van der Waals surface area contributed by atoms with Gasteiger partial charge in [0, 0.05) is 0 Å². The minimum atomic E-state index is 0.350. The molecule has 0 saturated carbocycles. The molecule has 0 aliphatic rings. The zero-order valence-corrected chi connectivity index (χ0v) is 10.5. The molecule has 0 fully saturated rings. The summed E-state index contributed by atoms with van der Waals surface area (Å²) in [6.45, 7) is 4.39. The fourth-order valence-corrected chi connectivity index (χ4v) is 1.75. The van der Waals surface area contributed by atoms with E-state index in [2.05, 4.69) is 13.8 Å². The first-order valence-corrected chi connectivity index (χ1v) is 6.10. The SMILES string of the molecule is CCCC(CCC)Oc1ccc(OC)cc1. The minimum absolute atomic E-state index is 0.350. The van der Waals surface area contributed by atoms with Crippen LogP contribution in [0.3, 0.4) is 0 Å². The van der Waals surface area contributed by atoms with Crippen LogP contribution in [0.15, 0.2) is 24.3 Å². The Morgan fingerprint density at radius 3 is 1.88 bits per heavy atom. The van der Waals surface area contributed by atoms with Crippen molar-refractivity contribution < 1.29 is 9.47 Å². The molecule has 0 N–H and O–H groups in total. The molecule has 16 heavy (non-hydrogen) atoms. The summed E-state index contributed by atoms with van der Waals surface area (Å²) in [4.78, 5) is 0. The predicted molar refractivity (Wildman–Crippen MR) is 67.2 cm³/mol. The molecule has 1 rings (SSSR count). The van der Waals surface area contributed by atoms with E-state index in [0.717, 1.165) is 24.3 Å². The lowest BCUT2D eigenvalue weighted by Gasteiger charge is -2.18. The van der Waals surface area contributed by atoms with Crippen molar-refractivity contribution in [3.05, 3.63) is 24.3 Å². The Balaban J connectivity index is 2.54. The highest BCUT2D eigenvalue weighted by molar-refractivity contribution is 5.31. The fourth-order valence-electron chi connectivity index (χ4n) is 1.75. The van der Waals surface area contributed by atoms with E-state index in [-0.39, 0.29) is 0 Å². The van der Waals surface area contributed by atoms with Gasteiger partial charge in [-0.15, -0.1) is 0 Å². The van der Waals surface area contributed by atoms with E-state index in [1.54, 1.807) is 7.11 Å². The van der Waals surface area contributed by atoms with E-state index in [1.807, 2.05) is 24.3 Å². The van der Waals surface area contributed by atoms with Crippen molar-refractivity contribution in [2.75, 3.05) is 7.11 Å². The van der Waals surface area contributed by atoms with Crippen LogP contribution < -0.4 is 9.47 Å². The lowest BCUT2D eigenvalue weighted by Crippen LogP contribution is -2.15. The number of rotatable bonds is 7. The Hall–Kier alpha value is -1.18. The summed E-state index contributed by atoms with van der Waals surface area (Å²) in [5, 5.41) is 0. The molecule has 0 amide bonds. The molecule has 2 heteroatoms. The lowest BCUT2D eigenvalue weighted by atomic mass is 10.1. The van der Waals surface area contributed by atoms with Crippen molar-refractivity contribution in [2.45, 2.75) is 45.6 Å². The second-order valence-corrected chi connectivity index (χ2v) is 3.99. The van der Waals surface area contributed by atoms with Crippen molar-refractivity contribution in [3.8, 4) is 11.5 Å². The van der Waals surface area contributed by atoms with Crippen LogP contribution in [-0.2, 0) is 0 Å². The van der Waals surface area contributed by atoms with Gasteiger partial charge in [-0.1, -0.05) is 26.7 Å². The maximum absolute atomic E-state index is 5.94. The zero-order chi connectivity index (χ0) is 11.8. The van der Waals surface area contributed by atoms with Crippen LogP contribution in [0.1, 0.15) is 39.5 Å². The third kappa shape index (κ3) is 4.13. The molecule has 0 heterocycles. The highest BCUT2D eigenvalue weighted by atomic mass is 16.5. The molecule has 1 aromatic carbocycles. The summed E-state index contributed by atoms with van der Waals surface area (Å²) in [5.41, 5.74) is 0. The van der Waals surface area contributed by atoms with Gasteiger partial charge >= 0.3 is 0 Å². The standard InChI is InChI=1S/C14H22O2/c1-4-6-13(7-5-2)16-14-10-8-12(15-3)9-11-14/h8-11,13H,4-7H2,1-3H3. The number of ether oxygens (including phenoxy) is 2. The number of hydrogen-bond acceptors (Lipinski definition) is 2. The molecule has 1 aromatic rings. The Kier molecular flexibility index (Phi) is 5.76. The monoisotopic (exact) mass is 222 g/mol. The van der Waals surface area contributed by atoms with Gasteiger partial charge in [-0.05, 0) is 37.1 Å². The first-order chi connectivity index (χ1) is 7.80. The average molecular weight is 222 g/mol. The summed E-state index contributed by atoms with van der Waals surface area (Å²) in [6, 6.07) is 7.81. The summed E-state index contributed by atoms with van der Waals surface area (Å²) in [7, 11) is 1.67. The molecular weight excluding hydrogens is 200 g/mol. The molecule has 0 bridgehead atoms. The van der Waals surface area contributed by atoms with Gasteiger partial charge in [0.05, 0.1) is 13.2 Å². The lowest BCUT2D eigenvalue weighted by molar-refractivity contribution is 0.178. The van der Waals surface area contributed by atoms with Crippen LogP contribution in [0.25, 0.3) is 0 Å². The van der Waals surface area contributed by atoms with E-state index in [1.165, 1.54) is 12.8 Å². The molecule has 0 aliphatic heterocycles. The number of hydrogen-bond donors (Lipinski definition) is 0. The van der Waals surface area contributed by atoms with Gasteiger partial charge in [-0.3, -0.25) is 0 Å². The predicted octanol–water partition coefficient (Wildman–Crippen LogP) is 4.04. The molecular formula is C14H22O2. The molecule has 90 valence electrons. The third-order valence-corrected chi connectivity index (χ3v) is 2.58. The molecule has 0 radical (unpaired) electrons. The van der Waals surface area contributed by atoms with Crippen molar-refractivity contribution >= 4 is 0 Å². The molecule has 0 aromatic heterocycles. The molecule has 2 nitrogen and oxygen atoms in total. The summed E-state index contributed by atoms with van der Waals surface area (Å²) in [6.07, 6.45) is 4.94. The van der Waals surface area contributed by atoms with Crippen molar-refractivity contribution in [3.63, 3.8) is 0 Å². The van der Waals surface area contributed by atoms with Gasteiger partial charge in [0.15, 0.2) is 0 Å². The highest BCUT2D eigenvalue weighted by Gasteiger charge is 2.08. The van der Waals surface area contributed by atoms with E-state index < -0.39 is 0 Å². The van der Waals surface area contributed by atoms with E-state index in [9.17, 15) is 0 Å². The topological polar surface area (TPSA) is 18.5 Å². The average Bonchev–Trinajstić information content (AvgIpc) is 2.31. The van der Waals surface area contributed by atoms with Crippen LogP contribution in [0, 0.1) is 0 Å². The fraction of sp³-hybridized carbons (Fsp3) is 0.571. The summed E-state index contributed by atoms with van der Waals surface area (Å²) in [5.74, 6) is 1.81. The van der Waals surface area contributed by atoms with Gasteiger partial charge in [0.2, 0.25) is 0 Å². The van der Waals surface area contributed by atoms with Crippen LogP contribution >= 0.6 is 0 Å². The maximum atomic E-state index is 5.94. The Labute approximate surface area is 98.6 Å². The molecule has 0 saturated heterocycles. The smallest absolute Gasteiger partial charge is 0.119 e. The molecule has 0 aliphatic carbocycles. The highest BCUT2D eigenvalue weighted by Crippen LogP contribution is 2.20. The van der Waals surface area contributed by atoms with E-state index in [0.29, 0.717) is 6.10 Å². The van der Waals surface area contributed by atoms with E-state index >= 15 is 0 Å². The number of benzene rings is 1. The summed E-state index contributed by atoms with van der Waals surface area (Å²) < 4.78 is 11.1. The van der Waals surface area contributed by atoms with Gasteiger partial charge in [-0.25, -0.2) is 0 Å². The van der Waals surface area contributed by atoms with Gasteiger partial charge < -0.3 is 9.47 Å². The second kappa shape index (κ2) is 7.15. The quantitative estimate of drug-likeness (QED) is 0.693. The van der Waals surface area contributed by atoms with Crippen LogP contribution in [0.4, 0.5) is 0 Å². The van der Waals surface area contributed by atoms with Crippen LogP contribution in [0.5, 0.6) is 11.5 Å². The van der Waals surface area contributed by atoms with Gasteiger partial charge in [0.25, 0.3) is 0 Å². The number of methoxy groups -OCH3 is 1. The Bertz CT molecular complexity index is 273. The molecule has 0 atom stereocenters. The largest absolute Gasteiger partial charge is 0.497 e. The van der Waals surface area contributed by atoms with E-state index in [4.69, 9.17) is 9.47 Å². The Morgan fingerprint density at radius 2 is 1.44 bits per heavy atom. The molecule has 0 unspecified atom stereocenters. The van der Waals surface area contributed by atoms with Crippen LogP contribution in [-0.4, -0.2) is 13.2 Å². The second-order valence-electron chi connectivity index (χ2n) is 3.99. The first kappa shape index (κ1) is 12.9. The van der Waals surface area contributed by atoms with Crippen LogP contribution in [0.2, 0.25) is 0 Å². The minimum Gasteiger partial charge on any atom is -0.497 e. The maximum Gasteiger partial charge on any atom is 0.119 e. The summed E-state index contributed by atoms with van der Waals surface area (Å²) >= 11 is 0. The third-order valence-electron chi connectivity index (χ3n) is 2.58. The Morgan fingerprint density at radius 1 is 0.938 bits per heavy atom. The first-order valence-electron chi connectivity index (χ1n) is 6.10. The molecule has 0 spiro atoms. The van der Waals surface area contributed by atoms with Gasteiger partial charge in [-0.2, -0.15) is 0 Å². The van der Waals surface area contributed by atoms with Gasteiger partial charge in [0.1, 0.15) is 11.5 Å². The van der Waals surface area contributed by atoms with Crippen molar-refractivity contribution in [2.24, 2.45) is 0 Å². The van der Waals surface area contributed by atoms with Crippen molar-refractivity contribution in [1.82, 2.24) is 0 Å². The zero-order valence-electron chi connectivity index (χ0n) is 10.5.